The zero-order chi connectivity index (χ0) is 37.5. The number of nitrogens with zero attached hydrogens (tertiary/aromatic N) is 3. The molecule has 0 bridgehead atoms. The molecule has 11 aromatic rings. The first-order valence-electron chi connectivity index (χ1n) is 19.2. The van der Waals surface area contributed by atoms with Gasteiger partial charge in [0, 0.05) is 49.1 Å². The van der Waals surface area contributed by atoms with E-state index in [1.165, 1.54) is 16.3 Å². The van der Waals surface area contributed by atoms with Crippen molar-refractivity contribution in [3.8, 4) is 16.8 Å². The Labute approximate surface area is 326 Å². The second-order valence-electron chi connectivity index (χ2n) is 14.5. The number of benzene rings is 8. The highest BCUT2D eigenvalue weighted by molar-refractivity contribution is 6.24. The van der Waals surface area contributed by atoms with E-state index < -0.39 is 0 Å². The third kappa shape index (κ3) is 4.90. The fourth-order valence-electron chi connectivity index (χ4n) is 8.78. The molecule has 0 amide bonds. The first-order chi connectivity index (χ1) is 28.3. The van der Waals surface area contributed by atoms with Crippen molar-refractivity contribution in [2.75, 3.05) is 0 Å². The van der Waals surface area contributed by atoms with E-state index in [0.717, 1.165) is 88.7 Å². The van der Waals surface area contributed by atoms with E-state index in [2.05, 4.69) is 143 Å². The number of hydrogen-bond donors (Lipinski definition) is 1. The third-order valence-electron chi connectivity index (χ3n) is 11.3. The molecule has 4 heterocycles. The lowest BCUT2D eigenvalue weighted by Gasteiger charge is -2.24. The molecular formula is C51H32N4O2. The highest BCUT2D eigenvalue weighted by Crippen LogP contribution is 2.43. The number of furan rings is 2. The quantitative estimate of drug-likeness (QED) is 0.192. The van der Waals surface area contributed by atoms with Gasteiger partial charge in [-0.05, 0) is 77.4 Å². The number of nitrogens with one attached hydrogen (secondary N) is 1. The van der Waals surface area contributed by atoms with Gasteiger partial charge in [0.25, 0.3) is 0 Å². The molecule has 0 saturated carbocycles. The summed E-state index contributed by atoms with van der Waals surface area (Å²) < 4.78 is 15.2. The summed E-state index contributed by atoms with van der Waals surface area (Å²) in [6, 6.07) is 63.2. The van der Waals surface area contributed by atoms with Gasteiger partial charge < -0.3 is 18.7 Å². The summed E-state index contributed by atoms with van der Waals surface area (Å²) in [7, 11) is 0. The Morgan fingerprint density at radius 1 is 0.456 bits per heavy atom. The van der Waals surface area contributed by atoms with Crippen molar-refractivity contribution < 1.29 is 8.83 Å². The van der Waals surface area contributed by atoms with E-state index in [9.17, 15) is 0 Å². The molecule has 1 aliphatic heterocycles. The summed E-state index contributed by atoms with van der Waals surface area (Å²) in [6.45, 7) is 0. The van der Waals surface area contributed by atoms with Crippen molar-refractivity contribution in [3.05, 3.63) is 199 Å². The van der Waals surface area contributed by atoms with Crippen LogP contribution in [0.2, 0.25) is 0 Å². The zero-order valence-electron chi connectivity index (χ0n) is 30.6. The fourth-order valence-corrected chi connectivity index (χ4v) is 8.78. The van der Waals surface area contributed by atoms with Gasteiger partial charge in [-0.1, -0.05) is 121 Å². The molecule has 57 heavy (non-hydrogen) atoms. The summed E-state index contributed by atoms with van der Waals surface area (Å²) in [5.41, 5.74) is 12.0. The number of aromatic nitrogens is 1. The zero-order valence-corrected chi connectivity index (χ0v) is 30.6. The van der Waals surface area contributed by atoms with Crippen molar-refractivity contribution in [2.45, 2.75) is 6.17 Å². The summed E-state index contributed by atoms with van der Waals surface area (Å²) in [5, 5.41) is 10.2. The minimum absolute atomic E-state index is 0.353. The van der Waals surface area contributed by atoms with E-state index in [1.54, 1.807) is 0 Å². The molecule has 0 fully saturated rings. The van der Waals surface area contributed by atoms with Crippen molar-refractivity contribution in [1.29, 1.82) is 0 Å². The lowest BCUT2D eigenvalue weighted by atomic mass is 9.95. The molecule has 0 aliphatic carbocycles. The maximum absolute atomic E-state index is 6.59. The van der Waals surface area contributed by atoms with Crippen LogP contribution >= 0.6 is 0 Å². The van der Waals surface area contributed by atoms with Gasteiger partial charge >= 0.3 is 0 Å². The van der Waals surface area contributed by atoms with Gasteiger partial charge in [0.1, 0.15) is 34.3 Å². The molecule has 0 saturated heterocycles. The maximum atomic E-state index is 6.59. The first-order valence-corrected chi connectivity index (χ1v) is 19.2. The van der Waals surface area contributed by atoms with Crippen molar-refractivity contribution in [3.63, 3.8) is 0 Å². The number of rotatable bonds is 5. The lowest BCUT2D eigenvalue weighted by molar-refractivity contribution is 0.667. The van der Waals surface area contributed by atoms with Crippen LogP contribution in [0, 0.1) is 0 Å². The van der Waals surface area contributed by atoms with E-state index in [4.69, 9.17) is 18.8 Å². The summed E-state index contributed by atoms with van der Waals surface area (Å²) in [6.07, 6.45) is -0.353. The van der Waals surface area contributed by atoms with Gasteiger partial charge in [-0.3, -0.25) is 0 Å². The minimum atomic E-state index is -0.353. The Morgan fingerprint density at radius 2 is 1.05 bits per heavy atom. The van der Waals surface area contributed by atoms with Crippen LogP contribution in [0.4, 0.5) is 0 Å². The van der Waals surface area contributed by atoms with Crippen LogP contribution in [0.1, 0.15) is 22.9 Å². The summed E-state index contributed by atoms with van der Waals surface area (Å²) >= 11 is 0. The topological polar surface area (TPSA) is 68.0 Å². The van der Waals surface area contributed by atoms with Crippen molar-refractivity contribution >= 4 is 77.4 Å². The van der Waals surface area contributed by atoms with Crippen LogP contribution in [0.3, 0.4) is 0 Å². The SMILES string of the molecule is c1ccc(C2N=C(c3cccc4oc5ccccc5c34)N=C(c3ccc4oc5cccc(-c6cccc7c6c6ccccc6n7-c6ccccc6)c5c4c3)N2)cc1. The molecule has 8 aromatic carbocycles. The molecule has 6 heteroatoms. The summed E-state index contributed by atoms with van der Waals surface area (Å²) in [4.78, 5) is 10.5. The van der Waals surface area contributed by atoms with Gasteiger partial charge in [-0.2, -0.15) is 0 Å². The van der Waals surface area contributed by atoms with Gasteiger partial charge in [-0.25, -0.2) is 9.98 Å². The van der Waals surface area contributed by atoms with Crippen LogP contribution in [0.5, 0.6) is 0 Å². The Morgan fingerprint density at radius 3 is 1.86 bits per heavy atom. The van der Waals surface area contributed by atoms with Crippen LogP contribution in [0.25, 0.3) is 82.5 Å². The Hall–Kier alpha value is -7.70. The monoisotopic (exact) mass is 732 g/mol. The highest BCUT2D eigenvalue weighted by Gasteiger charge is 2.25. The number of amidine groups is 2. The van der Waals surface area contributed by atoms with Gasteiger partial charge in [0.2, 0.25) is 0 Å². The van der Waals surface area contributed by atoms with Crippen LogP contribution < -0.4 is 5.32 Å². The number of para-hydroxylation sites is 3. The molecule has 0 spiro atoms. The molecule has 6 nitrogen and oxygen atoms in total. The van der Waals surface area contributed by atoms with E-state index in [-0.39, 0.29) is 6.17 Å². The highest BCUT2D eigenvalue weighted by atomic mass is 16.3. The second kappa shape index (κ2) is 12.4. The van der Waals surface area contributed by atoms with Crippen LogP contribution in [-0.4, -0.2) is 16.2 Å². The second-order valence-corrected chi connectivity index (χ2v) is 14.5. The normalized spacial score (nSPS) is 14.5. The summed E-state index contributed by atoms with van der Waals surface area (Å²) in [5.74, 6) is 1.38. The predicted octanol–water partition coefficient (Wildman–Crippen LogP) is 12.7. The first kappa shape index (κ1) is 31.6. The van der Waals surface area contributed by atoms with E-state index >= 15 is 0 Å². The third-order valence-corrected chi connectivity index (χ3v) is 11.3. The Kier molecular flexibility index (Phi) is 6.89. The van der Waals surface area contributed by atoms with E-state index in [1.807, 2.05) is 48.5 Å². The molecule has 3 aromatic heterocycles. The Bertz CT molecular complexity index is 3440. The van der Waals surface area contributed by atoms with Crippen molar-refractivity contribution in [2.24, 2.45) is 9.98 Å². The Balaban J connectivity index is 1.06. The largest absolute Gasteiger partial charge is 0.456 e. The fraction of sp³-hybridized carbons (Fsp3) is 0.0196. The maximum Gasteiger partial charge on any atom is 0.160 e. The molecule has 1 N–H and O–H groups in total. The molecule has 268 valence electrons. The average Bonchev–Trinajstić information content (AvgIpc) is 3.96. The van der Waals surface area contributed by atoms with Gasteiger partial charge in [-0.15, -0.1) is 0 Å². The number of aliphatic imine (C=N–C) groups is 2. The minimum Gasteiger partial charge on any atom is -0.456 e. The lowest BCUT2D eigenvalue weighted by Crippen LogP contribution is -2.33. The average molecular weight is 733 g/mol. The number of fused-ring (bicyclic) bond motifs is 9. The number of hydrogen-bond acceptors (Lipinski definition) is 5. The standard InChI is InChI=1S/C51H32N4O2/c1-3-14-31(15-4-1)49-52-50(54-51(53-49)38-22-13-27-45-48(38)37-19-8-10-25-42(37)56-45)32-28-29-43-39(30-32)47-35(21-12-26-44(47)57-43)34-20-11-24-41-46(34)36-18-7-9-23-40(36)55(41)33-16-5-2-6-17-33/h1-30,49H,(H,52,53,54). The van der Waals surface area contributed by atoms with Crippen molar-refractivity contribution in [1.82, 2.24) is 9.88 Å². The molecule has 1 unspecified atom stereocenters. The van der Waals surface area contributed by atoms with Gasteiger partial charge in [0.05, 0.1) is 11.0 Å². The molecule has 12 rings (SSSR count). The molecule has 0 radical (unpaired) electrons. The van der Waals surface area contributed by atoms with E-state index in [0.29, 0.717) is 5.84 Å². The van der Waals surface area contributed by atoms with Crippen LogP contribution in [-0.2, 0) is 0 Å². The predicted molar refractivity (Wildman–Crippen MR) is 233 cm³/mol. The molecular weight excluding hydrogens is 701 g/mol. The van der Waals surface area contributed by atoms with Crippen LogP contribution in [0.15, 0.2) is 201 Å². The van der Waals surface area contributed by atoms with Gasteiger partial charge in [0.15, 0.2) is 5.84 Å². The molecule has 1 aliphatic rings. The molecule has 1 atom stereocenters. The smallest absolute Gasteiger partial charge is 0.160 e.